The fourth-order valence-electron chi connectivity index (χ4n) is 7.81. The molecule has 2 aliphatic carbocycles. The van der Waals surface area contributed by atoms with Gasteiger partial charge in [0.2, 0.25) is 0 Å². The van der Waals surface area contributed by atoms with Gasteiger partial charge in [0.25, 0.3) is 0 Å². The van der Waals surface area contributed by atoms with Crippen LogP contribution in [0.2, 0.25) is 9.26 Å². The van der Waals surface area contributed by atoms with E-state index in [4.69, 9.17) is 4.74 Å². The van der Waals surface area contributed by atoms with Crippen LogP contribution in [0.5, 0.6) is 0 Å². The molecule has 0 N–H and O–H groups in total. The largest absolute Gasteiger partial charge is 0.147 e. The molecular weight excluding hydrogens is 603 g/mol. The summed E-state index contributed by atoms with van der Waals surface area (Å²) in [4.78, 5) is 0. The number of halogens is 2. The van der Waals surface area contributed by atoms with Crippen molar-refractivity contribution in [2.24, 2.45) is 0 Å². The van der Waals surface area contributed by atoms with E-state index in [-0.39, 0.29) is 30.4 Å². The standard InChI is InChI=1S/C16H13.C15H15O.2CH3.2ClH.H2Si.Zr/c1-12-10-14-8-5-9-15(16(14)11-12)13-6-3-2-4-7-13;1-11-9-12-5-3-6-14(13(12)10-11)15(2)7-4-8-16-15;;;;;;/h2-11H,1H3;3-6,8-10H,7H2,1-2H3;2*1H3;2*1H;1H2;. The van der Waals surface area contributed by atoms with Gasteiger partial charge in [0, 0.05) is 0 Å². The fraction of sp³-hybridized carbons (Fsp3) is 0.273. The summed E-state index contributed by atoms with van der Waals surface area (Å²) in [6, 6.07) is 24.8. The third kappa shape index (κ3) is 4.39. The molecule has 6 rings (SSSR count). The zero-order valence-electron chi connectivity index (χ0n) is 23.0. The normalized spacial score (nSPS) is 23.4. The second kappa shape index (κ2) is 10.1. The number of benzene rings is 3. The average molecular weight is 641 g/mol. The number of fused-ring (bicyclic) bond motifs is 2. The van der Waals surface area contributed by atoms with Crippen LogP contribution >= 0.6 is 24.8 Å². The van der Waals surface area contributed by atoms with Crippen LogP contribution < -0.4 is 0 Å². The molecule has 3 aromatic rings. The fourth-order valence-corrected chi connectivity index (χ4v) is 29.1. The molecule has 198 valence electrons. The van der Waals surface area contributed by atoms with Crippen LogP contribution in [0.15, 0.2) is 90.2 Å². The zero-order valence-corrected chi connectivity index (χ0v) is 28.5. The van der Waals surface area contributed by atoms with E-state index in [1.165, 1.54) is 39.0 Å². The molecule has 0 bridgehead atoms. The van der Waals surface area contributed by atoms with Crippen LogP contribution in [0, 0.1) is 0 Å². The molecule has 0 saturated heterocycles. The molecule has 0 aromatic heterocycles. The molecule has 1 nitrogen and oxygen atoms in total. The Bertz CT molecular complexity index is 1550. The summed E-state index contributed by atoms with van der Waals surface area (Å²) in [6.07, 6.45) is 9.96. The first kappa shape index (κ1) is 29.3. The molecular formula is C33H38Cl2OSiZr. The van der Waals surface area contributed by atoms with Crippen LogP contribution in [0.1, 0.15) is 62.3 Å². The summed E-state index contributed by atoms with van der Waals surface area (Å²) in [5.74, 6) is 0. The molecule has 1 heterocycles. The van der Waals surface area contributed by atoms with E-state index < -0.39 is 17.4 Å². The maximum Gasteiger partial charge on any atom is -0.147 e. The van der Waals surface area contributed by atoms with Crippen molar-refractivity contribution in [1.82, 2.24) is 0 Å². The first-order chi connectivity index (χ1) is 17.1. The minimum absolute atomic E-state index is 0. The summed E-state index contributed by atoms with van der Waals surface area (Å²) in [5.41, 5.74) is 12.8. The Labute approximate surface area is 242 Å². The summed E-state index contributed by atoms with van der Waals surface area (Å²) >= 11 is -3.50. The van der Waals surface area contributed by atoms with Gasteiger partial charge in [-0.2, -0.15) is 0 Å². The van der Waals surface area contributed by atoms with Crippen molar-refractivity contribution >= 4 is 43.8 Å². The van der Waals surface area contributed by atoms with E-state index in [1.807, 2.05) is 6.26 Å². The Morgan fingerprint density at radius 1 is 0.789 bits per heavy atom. The number of ether oxygens (including phenoxy) is 1. The summed E-state index contributed by atoms with van der Waals surface area (Å²) < 4.78 is 12.6. The third-order valence-corrected chi connectivity index (χ3v) is 27.0. The van der Waals surface area contributed by atoms with E-state index in [2.05, 4.69) is 122 Å². The Morgan fingerprint density at radius 2 is 1.37 bits per heavy atom. The van der Waals surface area contributed by atoms with E-state index >= 15 is 0 Å². The van der Waals surface area contributed by atoms with E-state index in [0.29, 0.717) is 7.25 Å². The van der Waals surface area contributed by atoms with Crippen LogP contribution in [0.4, 0.5) is 0 Å². The number of hydrogen-bond acceptors (Lipinski definition) is 1. The summed E-state index contributed by atoms with van der Waals surface area (Å²) in [5, 5.41) is 0. The van der Waals surface area contributed by atoms with Gasteiger partial charge in [-0.25, -0.2) is 0 Å². The molecule has 0 radical (unpaired) electrons. The predicted molar refractivity (Wildman–Crippen MR) is 168 cm³/mol. The van der Waals surface area contributed by atoms with Gasteiger partial charge in [-0.1, -0.05) is 0 Å². The Morgan fingerprint density at radius 3 is 1.97 bits per heavy atom. The van der Waals surface area contributed by atoms with E-state index in [9.17, 15) is 0 Å². The Hall–Kier alpha value is -1.64. The number of hydrogen-bond donors (Lipinski definition) is 0. The Balaban J connectivity index is 0.00000168. The zero-order chi connectivity index (χ0) is 25.3. The first-order valence-corrected chi connectivity index (χ1v) is 26.8. The predicted octanol–water partition coefficient (Wildman–Crippen LogP) is 9.30. The number of allylic oxidation sites excluding steroid dienone is 2. The molecule has 3 unspecified atom stereocenters. The summed E-state index contributed by atoms with van der Waals surface area (Å²) in [6.45, 7) is 9.42. The maximum absolute atomic E-state index is 6.15. The molecule has 0 amide bonds. The van der Waals surface area contributed by atoms with Crippen LogP contribution in [-0.4, -0.2) is 6.88 Å². The van der Waals surface area contributed by atoms with Gasteiger partial charge in [-0.05, 0) is 0 Å². The minimum atomic E-state index is -3.50. The molecule has 3 aromatic carbocycles. The molecule has 5 heteroatoms. The van der Waals surface area contributed by atoms with Crippen molar-refractivity contribution < 1.29 is 22.1 Å². The van der Waals surface area contributed by atoms with Gasteiger partial charge in [0.15, 0.2) is 0 Å². The van der Waals surface area contributed by atoms with Gasteiger partial charge in [0.1, 0.15) is 0 Å². The van der Waals surface area contributed by atoms with Crippen LogP contribution in [0.3, 0.4) is 0 Å². The van der Waals surface area contributed by atoms with Gasteiger partial charge in [-0.15, -0.1) is 24.8 Å². The Kier molecular flexibility index (Phi) is 7.78. The molecule has 1 aliphatic heterocycles. The summed E-state index contributed by atoms with van der Waals surface area (Å²) in [7, 11) is 0. The minimum Gasteiger partial charge on any atom is -0.147 e. The van der Waals surface area contributed by atoms with Gasteiger partial charge < -0.3 is 0 Å². The molecule has 0 spiro atoms. The first-order valence-electron chi connectivity index (χ1n) is 13.2. The third-order valence-electron chi connectivity index (χ3n) is 9.04. The smallest absolute Gasteiger partial charge is 0.147 e. The van der Waals surface area contributed by atoms with Crippen molar-refractivity contribution in [1.29, 1.82) is 0 Å². The van der Waals surface area contributed by atoms with Crippen LogP contribution in [-0.2, 0) is 27.7 Å². The molecule has 3 atom stereocenters. The van der Waals surface area contributed by atoms with Gasteiger partial charge in [-0.3, -0.25) is 0 Å². The van der Waals surface area contributed by atoms with Gasteiger partial charge in [0.05, 0.1) is 0 Å². The second-order valence-electron chi connectivity index (χ2n) is 12.5. The quantitative estimate of drug-likeness (QED) is 0.258. The van der Waals surface area contributed by atoms with Crippen molar-refractivity contribution in [3.63, 3.8) is 0 Å². The van der Waals surface area contributed by atoms with Crippen molar-refractivity contribution in [2.45, 2.75) is 49.3 Å². The van der Waals surface area contributed by atoms with Gasteiger partial charge >= 0.3 is 220 Å². The van der Waals surface area contributed by atoms with E-state index in [0.717, 1.165) is 6.42 Å². The van der Waals surface area contributed by atoms with Crippen molar-refractivity contribution in [2.75, 3.05) is 0 Å². The molecule has 0 fully saturated rings. The number of rotatable bonds is 4. The van der Waals surface area contributed by atoms with E-state index in [1.54, 1.807) is 11.1 Å². The molecule has 38 heavy (non-hydrogen) atoms. The molecule has 3 aliphatic rings. The van der Waals surface area contributed by atoms with Crippen LogP contribution in [0.25, 0.3) is 23.3 Å². The monoisotopic (exact) mass is 638 g/mol. The maximum atomic E-state index is 6.15. The van der Waals surface area contributed by atoms with Crippen molar-refractivity contribution in [3.8, 4) is 11.1 Å². The second-order valence-corrected chi connectivity index (χ2v) is 43.0. The van der Waals surface area contributed by atoms with Crippen molar-refractivity contribution in [3.05, 3.63) is 118 Å². The SMILES string of the molecule is CC1=Cc2c(-c3ccccc3)cccc2[CH]1[Zr]([CH3])([CH3])(=[SiH2])[CH]1C(C)=Cc2c1cccc2C1(C)CC=CO1.Cl.Cl. The average Bonchev–Trinajstić information content (AvgIpc) is 3.53. The topological polar surface area (TPSA) is 9.23 Å². The molecule has 0 saturated carbocycles.